The first-order valence-corrected chi connectivity index (χ1v) is 13.3. The van der Waals surface area contributed by atoms with E-state index in [1.54, 1.807) is 0 Å². The summed E-state index contributed by atoms with van der Waals surface area (Å²) in [6, 6.07) is 48.3. The quantitative estimate of drug-likeness (QED) is 0.237. The van der Waals surface area contributed by atoms with Crippen LogP contribution in [0.1, 0.15) is 5.56 Å². The van der Waals surface area contributed by atoms with E-state index in [4.69, 9.17) is 4.74 Å². The predicted octanol–water partition coefficient (Wildman–Crippen LogP) is 9.76. The van der Waals surface area contributed by atoms with Gasteiger partial charge in [0, 0.05) is 10.8 Å². The molecule has 0 saturated heterocycles. The molecule has 1 aromatic heterocycles. The van der Waals surface area contributed by atoms with E-state index in [1.807, 2.05) is 54.6 Å². The number of para-hydroxylation sites is 3. The second kappa shape index (κ2) is 8.73. The lowest BCUT2D eigenvalue weighted by molar-refractivity contribution is 0.476. The summed E-state index contributed by atoms with van der Waals surface area (Å²) in [7, 11) is 0. The van der Waals surface area contributed by atoms with Gasteiger partial charge in [-0.25, -0.2) is 0 Å². The predicted molar refractivity (Wildman–Crippen MR) is 162 cm³/mol. The van der Waals surface area contributed by atoms with Gasteiger partial charge in [0.1, 0.15) is 0 Å². The Balaban J connectivity index is 1.28. The van der Waals surface area contributed by atoms with Gasteiger partial charge in [0.2, 0.25) is 0 Å². The van der Waals surface area contributed by atoms with Crippen LogP contribution in [0.2, 0.25) is 0 Å². The zero-order chi connectivity index (χ0) is 26.6. The molecule has 7 aromatic rings. The van der Waals surface area contributed by atoms with Gasteiger partial charge in [-0.15, -0.1) is 0 Å². The largest absolute Gasteiger partial charge is 0.453 e. The fourth-order valence-corrected chi connectivity index (χ4v) is 5.97. The van der Waals surface area contributed by atoms with Crippen LogP contribution in [-0.4, -0.2) is 4.57 Å². The Bertz CT molecular complexity index is 2150. The van der Waals surface area contributed by atoms with Gasteiger partial charge in [-0.05, 0) is 75.8 Å². The van der Waals surface area contributed by atoms with Gasteiger partial charge in [-0.1, -0.05) is 91.0 Å². The van der Waals surface area contributed by atoms with E-state index in [9.17, 15) is 5.26 Å². The molecule has 2 heterocycles. The smallest absolute Gasteiger partial charge is 0.152 e. The molecule has 0 aliphatic carbocycles. The van der Waals surface area contributed by atoms with Crippen LogP contribution in [0.15, 0.2) is 133 Å². The number of benzene rings is 6. The molecule has 40 heavy (non-hydrogen) atoms. The van der Waals surface area contributed by atoms with Gasteiger partial charge in [0.05, 0.1) is 28.4 Å². The first-order chi connectivity index (χ1) is 19.8. The lowest BCUT2D eigenvalue weighted by Crippen LogP contribution is -2.03. The molecule has 0 spiro atoms. The third kappa shape index (κ3) is 3.37. The maximum Gasteiger partial charge on any atom is 0.152 e. The van der Waals surface area contributed by atoms with Gasteiger partial charge in [-0.2, -0.15) is 5.26 Å². The topological polar surface area (TPSA) is 38.0 Å². The Morgan fingerprint density at radius 1 is 0.525 bits per heavy atom. The Kier molecular flexibility index (Phi) is 4.89. The fourth-order valence-electron chi connectivity index (χ4n) is 5.97. The molecule has 1 aliphatic rings. The van der Waals surface area contributed by atoms with Gasteiger partial charge in [-0.3, -0.25) is 0 Å². The molecule has 0 fully saturated rings. The van der Waals surface area contributed by atoms with Crippen LogP contribution < -0.4 is 4.74 Å². The Labute approximate surface area is 231 Å². The third-order valence-electron chi connectivity index (χ3n) is 7.81. The van der Waals surface area contributed by atoms with E-state index in [1.165, 1.54) is 16.3 Å². The number of hydrogen-bond donors (Lipinski definition) is 0. The van der Waals surface area contributed by atoms with Crippen LogP contribution >= 0.6 is 0 Å². The molecule has 0 N–H and O–H groups in total. The first-order valence-electron chi connectivity index (χ1n) is 13.3. The normalized spacial score (nSPS) is 11.7. The first kappa shape index (κ1) is 22.4. The van der Waals surface area contributed by atoms with Crippen LogP contribution in [0.3, 0.4) is 0 Å². The van der Waals surface area contributed by atoms with E-state index in [0.717, 1.165) is 56.1 Å². The van der Waals surface area contributed by atoms with Crippen molar-refractivity contribution in [2.24, 2.45) is 0 Å². The van der Waals surface area contributed by atoms with Crippen molar-refractivity contribution in [1.82, 2.24) is 4.57 Å². The van der Waals surface area contributed by atoms with Gasteiger partial charge < -0.3 is 9.30 Å². The number of aromatic nitrogens is 1. The molecule has 6 aromatic carbocycles. The van der Waals surface area contributed by atoms with Crippen LogP contribution in [0.25, 0.3) is 60.9 Å². The summed E-state index contributed by atoms with van der Waals surface area (Å²) in [4.78, 5) is 0. The third-order valence-corrected chi connectivity index (χ3v) is 7.81. The van der Waals surface area contributed by atoms with Crippen molar-refractivity contribution in [3.05, 3.63) is 139 Å². The number of ether oxygens (including phenoxy) is 1. The minimum Gasteiger partial charge on any atom is -0.453 e. The summed E-state index contributed by atoms with van der Waals surface area (Å²) in [6.45, 7) is 0. The van der Waals surface area contributed by atoms with Crippen LogP contribution in [0, 0.1) is 11.3 Å². The molecular weight excluding hydrogens is 488 g/mol. The second-order valence-electron chi connectivity index (χ2n) is 10.1. The summed E-state index contributed by atoms with van der Waals surface area (Å²) < 4.78 is 8.80. The maximum absolute atomic E-state index is 9.94. The van der Waals surface area contributed by atoms with Crippen molar-refractivity contribution in [1.29, 1.82) is 5.26 Å². The van der Waals surface area contributed by atoms with Crippen molar-refractivity contribution in [2.45, 2.75) is 0 Å². The van der Waals surface area contributed by atoms with Crippen molar-refractivity contribution < 1.29 is 4.74 Å². The van der Waals surface area contributed by atoms with Crippen molar-refractivity contribution in [3.63, 3.8) is 0 Å². The molecule has 0 radical (unpaired) electrons. The van der Waals surface area contributed by atoms with E-state index < -0.39 is 0 Å². The SMILES string of the molecule is N#Cc1cc(-c2cccc(-c3cc4c5c(c3)c3ccccc3n5-c3ccccc3O4)c2)ccc1-c1ccccc1. The van der Waals surface area contributed by atoms with Gasteiger partial charge >= 0.3 is 0 Å². The highest BCUT2D eigenvalue weighted by Crippen LogP contribution is 2.47. The van der Waals surface area contributed by atoms with E-state index >= 15 is 0 Å². The molecule has 1 aliphatic heterocycles. The molecule has 3 nitrogen and oxygen atoms in total. The van der Waals surface area contributed by atoms with E-state index in [0.29, 0.717) is 5.56 Å². The minimum absolute atomic E-state index is 0.667. The molecule has 8 rings (SSSR count). The number of fused-ring (bicyclic) bond motifs is 5. The Morgan fingerprint density at radius 2 is 1.25 bits per heavy atom. The maximum atomic E-state index is 9.94. The summed E-state index contributed by atoms with van der Waals surface area (Å²) >= 11 is 0. The summed E-state index contributed by atoms with van der Waals surface area (Å²) in [6.07, 6.45) is 0. The molecule has 0 atom stereocenters. The standard InChI is InChI=1S/C37H22N2O/c38-23-29-20-27(17-18-30(29)24-9-2-1-3-10-24)25-11-8-12-26(19-25)28-21-32-31-13-4-5-14-33(31)39-34-15-6-7-16-35(34)40-36(22-28)37(32)39/h1-22H. The lowest BCUT2D eigenvalue weighted by Gasteiger charge is -2.21. The van der Waals surface area contributed by atoms with Gasteiger partial charge in [0.15, 0.2) is 11.5 Å². The van der Waals surface area contributed by atoms with Crippen molar-refractivity contribution in [2.75, 3.05) is 0 Å². The van der Waals surface area contributed by atoms with Crippen molar-refractivity contribution >= 4 is 21.8 Å². The summed E-state index contributed by atoms with van der Waals surface area (Å²) in [5.74, 6) is 1.71. The molecule has 0 saturated carbocycles. The van der Waals surface area contributed by atoms with Crippen molar-refractivity contribution in [3.8, 4) is 56.6 Å². The number of nitrogens with zero attached hydrogens (tertiary/aromatic N) is 2. The summed E-state index contributed by atoms with van der Waals surface area (Å²) in [5, 5.41) is 12.3. The monoisotopic (exact) mass is 510 g/mol. The highest BCUT2D eigenvalue weighted by molar-refractivity contribution is 6.13. The molecule has 186 valence electrons. The fraction of sp³-hybridized carbons (Fsp3) is 0. The second-order valence-corrected chi connectivity index (χ2v) is 10.1. The molecule has 0 bridgehead atoms. The van der Waals surface area contributed by atoms with E-state index in [-0.39, 0.29) is 0 Å². The average Bonchev–Trinajstić information content (AvgIpc) is 3.37. The Hall–Kier alpha value is -5.59. The molecule has 3 heteroatoms. The van der Waals surface area contributed by atoms with Crippen LogP contribution in [-0.2, 0) is 0 Å². The highest BCUT2D eigenvalue weighted by Gasteiger charge is 2.24. The zero-order valence-electron chi connectivity index (χ0n) is 21.5. The highest BCUT2D eigenvalue weighted by atomic mass is 16.5. The molecule has 0 unspecified atom stereocenters. The van der Waals surface area contributed by atoms with E-state index in [2.05, 4.69) is 89.5 Å². The average molecular weight is 511 g/mol. The van der Waals surface area contributed by atoms with Crippen LogP contribution in [0.4, 0.5) is 0 Å². The number of nitriles is 1. The molecular formula is C37H22N2O. The summed E-state index contributed by atoms with van der Waals surface area (Å²) in [5.41, 5.74) is 10.2. The minimum atomic E-state index is 0.667. The zero-order valence-corrected chi connectivity index (χ0v) is 21.5. The van der Waals surface area contributed by atoms with Gasteiger partial charge in [0.25, 0.3) is 0 Å². The number of rotatable bonds is 3. The van der Waals surface area contributed by atoms with Crippen LogP contribution in [0.5, 0.6) is 11.5 Å². The molecule has 0 amide bonds. The lowest BCUT2D eigenvalue weighted by atomic mass is 9.93. The number of hydrogen-bond acceptors (Lipinski definition) is 2. The Morgan fingerprint density at radius 3 is 2.12 bits per heavy atom.